The molecular formula is C10H9BrN5O3S+. The maximum absolute atomic E-state index is 11.8. The number of aromatic nitrogens is 1. The van der Waals surface area contributed by atoms with Gasteiger partial charge in [-0.1, -0.05) is 0 Å². The van der Waals surface area contributed by atoms with Crippen molar-refractivity contribution in [2.75, 3.05) is 5.32 Å². The number of hydrogen-bond acceptors (Lipinski definition) is 5. The van der Waals surface area contributed by atoms with E-state index in [2.05, 4.69) is 35.9 Å². The van der Waals surface area contributed by atoms with Crippen molar-refractivity contribution in [1.29, 1.82) is 0 Å². The van der Waals surface area contributed by atoms with Crippen LogP contribution >= 0.6 is 15.9 Å². The molecule has 0 aliphatic carbocycles. The number of aliphatic imine (C=N–C) groups is 1. The third kappa shape index (κ3) is 3.17. The summed E-state index contributed by atoms with van der Waals surface area (Å²) in [5.41, 5.74) is 0.149. The molecule has 0 unspecified atom stereocenters. The molecule has 10 heteroatoms. The molecule has 0 spiro atoms. The van der Waals surface area contributed by atoms with Crippen LogP contribution in [0.15, 0.2) is 26.6 Å². The number of rotatable bonds is 3. The average molecular weight is 359 g/mol. The minimum Gasteiger partial charge on any atom is -0.303 e. The van der Waals surface area contributed by atoms with E-state index in [9.17, 15) is 13.2 Å². The van der Waals surface area contributed by atoms with E-state index in [4.69, 9.17) is 5.14 Å². The van der Waals surface area contributed by atoms with Gasteiger partial charge in [-0.15, -0.1) is 0 Å². The summed E-state index contributed by atoms with van der Waals surface area (Å²) in [7, 11) is -3.87. The van der Waals surface area contributed by atoms with Crippen molar-refractivity contribution in [2.45, 2.75) is 11.8 Å². The van der Waals surface area contributed by atoms with Crippen LogP contribution < -0.4 is 15.1 Å². The number of pyridine rings is 1. The van der Waals surface area contributed by atoms with E-state index < -0.39 is 15.9 Å². The first-order valence-corrected chi connectivity index (χ1v) is 7.57. The third-order valence-corrected chi connectivity index (χ3v) is 4.11. The number of halogens is 1. The summed E-state index contributed by atoms with van der Waals surface area (Å²) >= 11 is 3.05. The fourth-order valence-electron chi connectivity index (χ4n) is 1.37. The minimum atomic E-state index is -3.87. The Labute approximate surface area is 122 Å². The molecule has 1 amide bonds. The first kappa shape index (κ1) is 14.5. The van der Waals surface area contributed by atoms with Crippen LogP contribution in [0.5, 0.6) is 0 Å². The molecule has 104 valence electrons. The second-order valence-electron chi connectivity index (χ2n) is 3.80. The smallest absolute Gasteiger partial charge is 0.303 e. The van der Waals surface area contributed by atoms with Gasteiger partial charge in [0.05, 0.1) is 13.1 Å². The SMILES string of the molecule is CC1=[N+]=CC(C(=O)Nc2cc(Br)c(S(N)(=O)=O)cn2)=N1. The molecular weight excluding hydrogens is 350 g/mol. The molecule has 0 atom stereocenters. The Morgan fingerprint density at radius 3 is 2.70 bits per heavy atom. The Hall–Kier alpha value is -1.87. The largest absolute Gasteiger partial charge is 0.387 e. The van der Waals surface area contributed by atoms with Gasteiger partial charge in [-0.2, -0.15) is 0 Å². The van der Waals surface area contributed by atoms with Gasteiger partial charge in [-0.25, -0.2) is 23.2 Å². The second kappa shape index (κ2) is 5.25. The predicted octanol–water partition coefficient (Wildman–Crippen LogP) is -0.559. The third-order valence-electron chi connectivity index (χ3n) is 2.26. The molecule has 0 saturated heterocycles. The van der Waals surface area contributed by atoms with E-state index in [0.717, 1.165) is 6.20 Å². The van der Waals surface area contributed by atoms with Crippen molar-refractivity contribution >= 4 is 55.4 Å². The number of anilines is 1. The average Bonchev–Trinajstić information content (AvgIpc) is 2.74. The van der Waals surface area contributed by atoms with Crippen molar-refractivity contribution in [3.63, 3.8) is 0 Å². The molecule has 3 N–H and O–H groups in total. The van der Waals surface area contributed by atoms with E-state index in [0.29, 0.717) is 5.84 Å². The zero-order valence-electron chi connectivity index (χ0n) is 10.2. The summed E-state index contributed by atoms with van der Waals surface area (Å²) < 4.78 is 26.5. The fraction of sp³-hybridized carbons (Fsp3) is 0.100. The monoisotopic (exact) mass is 358 g/mol. The Kier molecular flexibility index (Phi) is 3.82. The Morgan fingerprint density at radius 1 is 1.50 bits per heavy atom. The van der Waals surface area contributed by atoms with Gasteiger partial charge in [0.25, 0.3) is 5.71 Å². The lowest BCUT2D eigenvalue weighted by Crippen LogP contribution is -2.24. The van der Waals surface area contributed by atoms with Gasteiger partial charge in [0.1, 0.15) is 10.7 Å². The van der Waals surface area contributed by atoms with Crippen molar-refractivity contribution in [2.24, 2.45) is 10.1 Å². The summed E-state index contributed by atoms with van der Waals surface area (Å²) in [6, 6.07) is 1.33. The van der Waals surface area contributed by atoms with Crippen LogP contribution in [-0.2, 0) is 14.8 Å². The van der Waals surface area contributed by atoms with Gasteiger partial charge < -0.3 is 5.32 Å². The van der Waals surface area contributed by atoms with E-state index in [1.54, 1.807) is 6.92 Å². The predicted molar refractivity (Wildman–Crippen MR) is 78.3 cm³/mol. The van der Waals surface area contributed by atoms with Gasteiger partial charge >= 0.3 is 11.7 Å². The maximum atomic E-state index is 11.8. The summed E-state index contributed by atoms with van der Waals surface area (Å²) in [5, 5.41) is 7.47. The second-order valence-corrected chi connectivity index (χ2v) is 6.19. The van der Waals surface area contributed by atoms with Crippen LogP contribution in [0.3, 0.4) is 0 Å². The summed E-state index contributed by atoms with van der Waals surface area (Å²) in [5.74, 6) is 0.150. The van der Waals surface area contributed by atoms with Gasteiger partial charge in [0, 0.05) is 4.47 Å². The molecule has 2 heterocycles. The molecule has 20 heavy (non-hydrogen) atoms. The van der Waals surface area contributed by atoms with Crippen molar-refractivity contribution < 1.29 is 13.2 Å². The van der Waals surface area contributed by atoms with Gasteiger partial charge in [0.15, 0.2) is 0 Å². The molecule has 1 aromatic heterocycles. The molecule has 2 rings (SSSR count). The topological polar surface area (TPSA) is 129 Å². The van der Waals surface area contributed by atoms with E-state index in [1.165, 1.54) is 12.3 Å². The summed E-state index contributed by atoms with van der Waals surface area (Å²) in [6.07, 6.45) is 2.38. The van der Waals surface area contributed by atoms with Crippen molar-refractivity contribution in [3.05, 3.63) is 16.7 Å². The van der Waals surface area contributed by atoms with E-state index in [-0.39, 0.29) is 20.9 Å². The number of nitrogens with zero attached hydrogens (tertiary/aromatic N) is 3. The number of nitrogens with one attached hydrogen (secondary N) is 1. The highest BCUT2D eigenvalue weighted by Gasteiger charge is 2.24. The summed E-state index contributed by atoms with van der Waals surface area (Å²) in [6.45, 7) is 1.66. The van der Waals surface area contributed by atoms with Crippen LogP contribution in [0.1, 0.15) is 6.92 Å². The normalized spacial score (nSPS) is 13.9. The molecule has 0 saturated carbocycles. The Bertz CT molecular complexity index is 793. The van der Waals surface area contributed by atoms with Crippen LogP contribution in [0.2, 0.25) is 0 Å². The highest BCUT2D eigenvalue weighted by molar-refractivity contribution is 9.10. The number of amidine groups is 1. The lowest BCUT2D eigenvalue weighted by atomic mass is 10.3. The number of primary sulfonamides is 1. The quantitative estimate of drug-likeness (QED) is 0.701. The number of hydrogen-bond donors (Lipinski definition) is 2. The zero-order chi connectivity index (χ0) is 14.9. The Morgan fingerprint density at radius 2 is 2.20 bits per heavy atom. The Balaban J connectivity index is 2.20. The van der Waals surface area contributed by atoms with E-state index in [1.807, 2.05) is 0 Å². The fourth-order valence-corrected chi connectivity index (χ4v) is 2.90. The molecule has 1 aliphatic rings. The molecule has 0 aromatic carbocycles. The zero-order valence-corrected chi connectivity index (χ0v) is 12.6. The lowest BCUT2D eigenvalue weighted by Gasteiger charge is -2.04. The van der Waals surface area contributed by atoms with Crippen LogP contribution in [0.25, 0.3) is 0 Å². The number of carbonyl (C=O) groups is 1. The first-order valence-electron chi connectivity index (χ1n) is 5.23. The minimum absolute atomic E-state index is 0.149. The molecule has 8 nitrogen and oxygen atoms in total. The number of nitrogens with two attached hydrogens (primary N) is 1. The first-order chi connectivity index (χ1) is 9.27. The van der Waals surface area contributed by atoms with Crippen molar-refractivity contribution in [3.8, 4) is 0 Å². The highest BCUT2D eigenvalue weighted by atomic mass is 79.9. The number of sulfonamides is 1. The van der Waals surface area contributed by atoms with Crippen molar-refractivity contribution in [1.82, 2.24) is 9.65 Å². The van der Waals surface area contributed by atoms with Gasteiger partial charge in [-0.05, 0) is 27.0 Å². The van der Waals surface area contributed by atoms with Gasteiger partial charge in [0.2, 0.25) is 16.2 Å². The molecule has 1 aliphatic heterocycles. The summed E-state index contributed by atoms with van der Waals surface area (Å²) in [4.78, 5) is 19.4. The standard InChI is InChI=1S/C10H8BrN5O3S/c1-5-13-3-7(15-5)10(17)16-9-2-6(11)8(4-14-9)20(12,18)19/h2-4H,1H3,(H2-,12,14,16,17,18,19)/p+1. The lowest BCUT2D eigenvalue weighted by molar-refractivity contribution is -0.110. The van der Waals surface area contributed by atoms with Crippen LogP contribution in [0.4, 0.5) is 5.82 Å². The van der Waals surface area contributed by atoms with Gasteiger partial charge in [-0.3, -0.25) is 4.79 Å². The van der Waals surface area contributed by atoms with E-state index >= 15 is 0 Å². The maximum Gasteiger partial charge on any atom is 0.387 e. The molecule has 1 aromatic rings. The molecule has 0 fully saturated rings. The number of amides is 1. The molecule has 0 bridgehead atoms. The molecule has 0 radical (unpaired) electrons. The number of carbonyl (C=O) groups excluding carboxylic acids is 1. The van der Waals surface area contributed by atoms with Crippen LogP contribution in [0, 0.1) is 0 Å². The van der Waals surface area contributed by atoms with Crippen LogP contribution in [-0.4, -0.2) is 37.1 Å². The highest BCUT2D eigenvalue weighted by Crippen LogP contribution is 2.22.